The second-order valence-corrected chi connectivity index (χ2v) is 5.03. The molecule has 1 aliphatic rings. The first-order valence-electron chi connectivity index (χ1n) is 6.26. The maximum absolute atomic E-state index is 13.0. The highest BCUT2D eigenvalue weighted by Gasteiger charge is 2.35. The summed E-state index contributed by atoms with van der Waals surface area (Å²) in [6.45, 7) is 0. The number of aromatic nitrogens is 3. The van der Waals surface area contributed by atoms with Crippen LogP contribution in [-0.4, -0.2) is 27.1 Å². The molecule has 1 aromatic heterocycles. The van der Waals surface area contributed by atoms with E-state index in [1.165, 1.54) is 0 Å². The molecule has 0 saturated heterocycles. The van der Waals surface area contributed by atoms with E-state index in [2.05, 4.69) is 10.1 Å². The molecule has 0 aromatic carbocycles. The SMILES string of the molecule is O=c1[nH]c(CC2CCC(F)(F)CC2)nn1C(F)C(F)F. The minimum atomic E-state index is -3.35. The second kappa shape index (κ2) is 5.53. The van der Waals surface area contributed by atoms with Gasteiger partial charge in [0, 0.05) is 19.3 Å². The van der Waals surface area contributed by atoms with Crippen molar-refractivity contribution in [2.24, 2.45) is 5.92 Å². The first-order chi connectivity index (χ1) is 9.28. The van der Waals surface area contributed by atoms with Crippen molar-refractivity contribution in [3.63, 3.8) is 0 Å². The van der Waals surface area contributed by atoms with E-state index >= 15 is 0 Å². The number of nitrogens with zero attached hydrogens (tertiary/aromatic N) is 2. The summed E-state index contributed by atoms with van der Waals surface area (Å²) < 4.78 is 63.4. The van der Waals surface area contributed by atoms with Crippen LogP contribution in [0.25, 0.3) is 0 Å². The molecule has 1 atom stereocenters. The average molecular weight is 299 g/mol. The van der Waals surface area contributed by atoms with Gasteiger partial charge in [-0.2, -0.15) is 9.78 Å². The number of alkyl halides is 5. The number of hydrogen-bond donors (Lipinski definition) is 1. The van der Waals surface area contributed by atoms with E-state index in [0.29, 0.717) is 0 Å². The van der Waals surface area contributed by atoms with Gasteiger partial charge in [0.1, 0.15) is 5.82 Å². The van der Waals surface area contributed by atoms with Gasteiger partial charge in [-0.3, -0.25) is 4.98 Å². The van der Waals surface area contributed by atoms with E-state index in [1.807, 2.05) is 0 Å². The van der Waals surface area contributed by atoms with Crippen LogP contribution in [0, 0.1) is 5.92 Å². The predicted octanol–water partition coefficient (Wildman–Crippen LogP) is 2.67. The zero-order valence-electron chi connectivity index (χ0n) is 10.5. The molecular weight excluding hydrogens is 285 g/mol. The average Bonchev–Trinajstić information content (AvgIpc) is 2.72. The van der Waals surface area contributed by atoms with E-state index in [1.54, 1.807) is 0 Å². The lowest BCUT2D eigenvalue weighted by Gasteiger charge is -2.27. The summed E-state index contributed by atoms with van der Waals surface area (Å²) in [6.07, 6.45) is -5.95. The number of H-pyrrole nitrogens is 1. The van der Waals surface area contributed by atoms with Crippen molar-refractivity contribution in [3.05, 3.63) is 16.3 Å². The lowest BCUT2D eigenvalue weighted by atomic mass is 9.85. The summed E-state index contributed by atoms with van der Waals surface area (Å²) in [5.41, 5.74) is -1.06. The third-order valence-corrected chi connectivity index (χ3v) is 3.45. The second-order valence-electron chi connectivity index (χ2n) is 5.03. The van der Waals surface area contributed by atoms with Crippen LogP contribution in [-0.2, 0) is 6.42 Å². The molecule has 9 heteroatoms. The zero-order chi connectivity index (χ0) is 14.9. The maximum Gasteiger partial charge on any atom is 0.346 e. The Morgan fingerprint density at radius 1 is 1.30 bits per heavy atom. The van der Waals surface area contributed by atoms with Crippen LogP contribution >= 0.6 is 0 Å². The normalized spacial score (nSPS) is 21.3. The van der Waals surface area contributed by atoms with Crippen LogP contribution in [0.3, 0.4) is 0 Å². The molecular formula is C11H14F5N3O. The molecule has 114 valence electrons. The molecule has 1 aromatic rings. The maximum atomic E-state index is 13.0. The monoisotopic (exact) mass is 299 g/mol. The van der Waals surface area contributed by atoms with E-state index in [-0.39, 0.29) is 48.5 Å². The summed E-state index contributed by atoms with van der Waals surface area (Å²) in [5.74, 6) is -2.73. The van der Waals surface area contributed by atoms with Gasteiger partial charge in [-0.05, 0) is 18.8 Å². The molecule has 1 saturated carbocycles. The van der Waals surface area contributed by atoms with Crippen LogP contribution in [0.15, 0.2) is 4.79 Å². The molecule has 0 aliphatic heterocycles. The first kappa shape index (κ1) is 15.0. The standard InChI is InChI=1S/C11H14F5N3O/c12-8(13)9(14)19-10(20)17-7(18-19)5-6-1-3-11(15,16)4-2-6/h6,8-9H,1-5H2,(H,17,18,20). The Hall–Kier alpha value is -1.41. The van der Waals surface area contributed by atoms with Gasteiger partial charge in [-0.15, -0.1) is 0 Å². The van der Waals surface area contributed by atoms with Crippen LogP contribution in [0.4, 0.5) is 22.0 Å². The third-order valence-electron chi connectivity index (χ3n) is 3.45. The van der Waals surface area contributed by atoms with Crippen molar-refractivity contribution in [2.75, 3.05) is 0 Å². The number of halogens is 5. The molecule has 1 unspecified atom stereocenters. The van der Waals surface area contributed by atoms with E-state index in [9.17, 15) is 26.7 Å². The first-order valence-corrected chi connectivity index (χ1v) is 6.26. The van der Waals surface area contributed by atoms with E-state index in [4.69, 9.17) is 0 Å². The number of aromatic amines is 1. The molecule has 1 fully saturated rings. The molecule has 0 bridgehead atoms. The van der Waals surface area contributed by atoms with Gasteiger partial charge >= 0.3 is 5.69 Å². The number of rotatable bonds is 4. The third kappa shape index (κ3) is 3.37. The highest BCUT2D eigenvalue weighted by atomic mass is 19.3. The van der Waals surface area contributed by atoms with E-state index in [0.717, 1.165) is 0 Å². The summed E-state index contributed by atoms with van der Waals surface area (Å²) >= 11 is 0. The summed E-state index contributed by atoms with van der Waals surface area (Å²) in [5, 5.41) is 3.47. The van der Waals surface area contributed by atoms with Crippen LogP contribution < -0.4 is 5.69 Å². The Labute approximate surface area is 111 Å². The minimum Gasteiger partial charge on any atom is -0.293 e. The van der Waals surface area contributed by atoms with Gasteiger partial charge in [0.2, 0.25) is 5.92 Å². The fourth-order valence-corrected chi connectivity index (χ4v) is 2.32. The molecule has 4 nitrogen and oxygen atoms in total. The predicted molar refractivity (Wildman–Crippen MR) is 59.6 cm³/mol. The van der Waals surface area contributed by atoms with Crippen LogP contribution in [0.2, 0.25) is 0 Å². The van der Waals surface area contributed by atoms with Gasteiger partial charge in [0.25, 0.3) is 12.7 Å². The van der Waals surface area contributed by atoms with Crippen molar-refractivity contribution < 1.29 is 22.0 Å². The minimum absolute atomic E-state index is 0.0496. The molecule has 0 spiro atoms. The molecule has 1 heterocycles. The molecule has 2 rings (SSSR count). The lowest BCUT2D eigenvalue weighted by molar-refractivity contribution is -0.0458. The van der Waals surface area contributed by atoms with Gasteiger partial charge < -0.3 is 0 Å². The topological polar surface area (TPSA) is 50.7 Å². The highest BCUT2D eigenvalue weighted by molar-refractivity contribution is 4.89. The Bertz CT molecular complexity index is 502. The Morgan fingerprint density at radius 2 is 1.90 bits per heavy atom. The summed E-state index contributed by atoms with van der Waals surface area (Å²) in [6, 6.07) is 0. The van der Waals surface area contributed by atoms with E-state index < -0.39 is 24.3 Å². The Kier molecular flexibility index (Phi) is 4.14. The van der Waals surface area contributed by atoms with Gasteiger partial charge in [-0.25, -0.2) is 26.7 Å². The van der Waals surface area contributed by atoms with Crippen LogP contribution in [0.5, 0.6) is 0 Å². The van der Waals surface area contributed by atoms with Crippen LogP contribution in [0.1, 0.15) is 37.8 Å². The summed E-state index contributed by atoms with van der Waals surface area (Å²) in [7, 11) is 0. The van der Waals surface area contributed by atoms with Crippen molar-refractivity contribution in [2.45, 2.75) is 50.7 Å². The lowest BCUT2D eigenvalue weighted by Crippen LogP contribution is -2.25. The zero-order valence-corrected chi connectivity index (χ0v) is 10.5. The number of nitrogens with one attached hydrogen (secondary N) is 1. The fourth-order valence-electron chi connectivity index (χ4n) is 2.32. The Morgan fingerprint density at radius 3 is 2.45 bits per heavy atom. The number of hydrogen-bond acceptors (Lipinski definition) is 2. The smallest absolute Gasteiger partial charge is 0.293 e. The summed E-state index contributed by atoms with van der Waals surface area (Å²) in [4.78, 5) is 13.5. The van der Waals surface area contributed by atoms with Crippen molar-refractivity contribution in [3.8, 4) is 0 Å². The highest BCUT2D eigenvalue weighted by Crippen LogP contribution is 2.37. The molecule has 0 amide bonds. The quantitative estimate of drug-likeness (QED) is 0.869. The molecule has 1 N–H and O–H groups in total. The van der Waals surface area contributed by atoms with Crippen molar-refractivity contribution in [1.29, 1.82) is 0 Å². The van der Waals surface area contributed by atoms with Gasteiger partial charge in [-0.1, -0.05) is 0 Å². The van der Waals surface area contributed by atoms with Crippen molar-refractivity contribution >= 4 is 0 Å². The molecule has 0 radical (unpaired) electrons. The largest absolute Gasteiger partial charge is 0.346 e. The fraction of sp³-hybridized carbons (Fsp3) is 0.818. The molecule has 1 aliphatic carbocycles. The van der Waals surface area contributed by atoms with Gasteiger partial charge in [0.05, 0.1) is 0 Å². The van der Waals surface area contributed by atoms with Crippen molar-refractivity contribution in [1.82, 2.24) is 14.8 Å². The van der Waals surface area contributed by atoms with Gasteiger partial charge in [0.15, 0.2) is 0 Å². The Balaban J connectivity index is 2.01. The molecule has 20 heavy (non-hydrogen) atoms.